The van der Waals surface area contributed by atoms with Gasteiger partial charge in [0.05, 0.1) is 25.1 Å². The first-order chi connectivity index (χ1) is 18.0. The van der Waals surface area contributed by atoms with Crippen LogP contribution in [0.1, 0.15) is 12.5 Å². The van der Waals surface area contributed by atoms with E-state index in [1.807, 2.05) is 79.4 Å². The zero-order valence-corrected chi connectivity index (χ0v) is 21.4. The molecule has 4 amide bonds. The number of ether oxygens (including phenoxy) is 2. The summed E-state index contributed by atoms with van der Waals surface area (Å²) >= 11 is 0. The van der Waals surface area contributed by atoms with E-state index in [9.17, 15) is 9.59 Å². The van der Waals surface area contributed by atoms with E-state index in [4.69, 9.17) is 9.47 Å². The molecule has 3 N–H and O–H groups in total. The molecule has 0 aromatic heterocycles. The van der Waals surface area contributed by atoms with Crippen LogP contribution in [0, 0.1) is 6.92 Å². The molecule has 0 unspecified atom stereocenters. The van der Waals surface area contributed by atoms with E-state index in [2.05, 4.69) is 20.9 Å². The van der Waals surface area contributed by atoms with Gasteiger partial charge in [0, 0.05) is 37.6 Å². The number of aryl methyl sites for hydroxylation is 1. The number of methoxy groups -OCH3 is 1. The number of anilines is 4. The Kier molecular flexibility index (Phi) is 8.35. The van der Waals surface area contributed by atoms with Crippen molar-refractivity contribution in [3.63, 3.8) is 0 Å². The van der Waals surface area contributed by atoms with Crippen molar-refractivity contribution in [3.8, 4) is 11.5 Å². The fourth-order valence-corrected chi connectivity index (χ4v) is 4.22. The average Bonchev–Trinajstić information content (AvgIpc) is 2.91. The lowest BCUT2D eigenvalue weighted by atomic mass is 10.2. The third-order valence-electron chi connectivity index (χ3n) is 6.18. The third kappa shape index (κ3) is 6.43. The topological polar surface area (TPSA) is 95.2 Å². The first kappa shape index (κ1) is 25.7. The Hall–Kier alpha value is -4.40. The monoisotopic (exact) mass is 503 g/mol. The van der Waals surface area contributed by atoms with Gasteiger partial charge in [0.15, 0.2) is 0 Å². The highest BCUT2D eigenvalue weighted by molar-refractivity contribution is 6.00. The van der Waals surface area contributed by atoms with E-state index < -0.39 is 0 Å². The SMILES string of the molecule is CCOc1ccccc1NC(=O)Nc1ccc(N2CCN(C(=O)Nc3c(C)cccc3OC)CC2)cc1. The Bertz CT molecular complexity index is 1220. The number of rotatable bonds is 7. The minimum absolute atomic E-state index is 0.135. The van der Waals surface area contributed by atoms with Gasteiger partial charge in [-0.15, -0.1) is 0 Å². The van der Waals surface area contributed by atoms with Gasteiger partial charge in [0.1, 0.15) is 11.5 Å². The predicted molar refractivity (Wildman–Crippen MR) is 147 cm³/mol. The Balaban J connectivity index is 1.29. The lowest BCUT2D eigenvalue weighted by molar-refractivity contribution is 0.208. The van der Waals surface area contributed by atoms with Gasteiger partial charge >= 0.3 is 12.1 Å². The molecule has 1 aliphatic rings. The van der Waals surface area contributed by atoms with Gasteiger partial charge in [-0.05, 0) is 61.9 Å². The number of para-hydroxylation sites is 3. The zero-order valence-electron chi connectivity index (χ0n) is 21.4. The van der Waals surface area contributed by atoms with E-state index >= 15 is 0 Å². The third-order valence-corrected chi connectivity index (χ3v) is 6.18. The highest BCUT2D eigenvalue weighted by atomic mass is 16.5. The standard InChI is InChI=1S/C28H33N5O4/c1-4-37-24-10-6-5-9-23(24)30-27(34)29-21-12-14-22(15-13-21)32-16-18-33(19-17-32)28(35)31-26-20(2)8-7-11-25(26)36-3/h5-15H,4,16-19H2,1-3H3,(H,31,35)(H2,29,30,34). The summed E-state index contributed by atoms with van der Waals surface area (Å²) in [6.45, 7) is 6.97. The van der Waals surface area contributed by atoms with Crippen LogP contribution < -0.4 is 30.3 Å². The van der Waals surface area contributed by atoms with E-state index in [-0.39, 0.29) is 12.1 Å². The highest BCUT2D eigenvalue weighted by Gasteiger charge is 2.22. The minimum atomic E-state index is -0.343. The molecule has 1 fully saturated rings. The van der Waals surface area contributed by atoms with Crippen molar-refractivity contribution in [1.82, 2.24) is 4.90 Å². The molecule has 1 aliphatic heterocycles. The van der Waals surface area contributed by atoms with Gasteiger partial charge in [-0.3, -0.25) is 0 Å². The molecule has 37 heavy (non-hydrogen) atoms. The van der Waals surface area contributed by atoms with Crippen LogP contribution in [0.2, 0.25) is 0 Å². The number of hydrogen-bond acceptors (Lipinski definition) is 5. The van der Waals surface area contributed by atoms with Crippen LogP contribution in [0.15, 0.2) is 66.7 Å². The van der Waals surface area contributed by atoms with E-state index in [1.54, 1.807) is 13.2 Å². The van der Waals surface area contributed by atoms with Crippen molar-refractivity contribution in [2.45, 2.75) is 13.8 Å². The van der Waals surface area contributed by atoms with Crippen LogP contribution >= 0.6 is 0 Å². The second kappa shape index (κ2) is 12.0. The lowest BCUT2D eigenvalue weighted by Crippen LogP contribution is -2.50. The van der Waals surface area contributed by atoms with Crippen LogP contribution in [0.5, 0.6) is 11.5 Å². The van der Waals surface area contributed by atoms with Crippen LogP contribution in [-0.2, 0) is 0 Å². The second-order valence-corrected chi connectivity index (χ2v) is 8.61. The summed E-state index contributed by atoms with van der Waals surface area (Å²) in [6.07, 6.45) is 0. The molecule has 9 nitrogen and oxygen atoms in total. The number of urea groups is 2. The summed E-state index contributed by atoms with van der Waals surface area (Å²) in [7, 11) is 1.60. The van der Waals surface area contributed by atoms with Crippen molar-refractivity contribution >= 4 is 34.8 Å². The molecular formula is C28H33N5O4. The first-order valence-electron chi connectivity index (χ1n) is 12.3. The maximum atomic E-state index is 12.9. The Labute approximate surface area is 217 Å². The van der Waals surface area contributed by atoms with Crippen molar-refractivity contribution < 1.29 is 19.1 Å². The summed E-state index contributed by atoms with van der Waals surface area (Å²) in [5.74, 6) is 1.27. The molecule has 4 rings (SSSR count). The molecule has 1 heterocycles. The molecule has 0 spiro atoms. The molecule has 3 aromatic rings. The van der Waals surface area contributed by atoms with Gasteiger partial charge in [-0.2, -0.15) is 0 Å². The van der Waals surface area contributed by atoms with Gasteiger partial charge in [0.2, 0.25) is 0 Å². The number of carbonyl (C=O) groups excluding carboxylic acids is 2. The fourth-order valence-electron chi connectivity index (χ4n) is 4.22. The average molecular weight is 504 g/mol. The van der Waals surface area contributed by atoms with Gasteiger partial charge < -0.3 is 35.2 Å². The first-order valence-corrected chi connectivity index (χ1v) is 12.3. The second-order valence-electron chi connectivity index (χ2n) is 8.61. The summed E-state index contributed by atoms with van der Waals surface area (Å²) in [5.41, 5.74) is 3.98. The maximum Gasteiger partial charge on any atom is 0.323 e. The van der Waals surface area contributed by atoms with Gasteiger partial charge in [0.25, 0.3) is 0 Å². The summed E-state index contributed by atoms with van der Waals surface area (Å²) in [6, 6.07) is 20.2. The largest absolute Gasteiger partial charge is 0.495 e. The highest BCUT2D eigenvalue weighted by Crippen LogP contribution is 2.28. The van der Waals surface area contributed by atoms with Crippen LogP contribution in [0.25, 0.3) is 0 Å². The van der Waals surface area contributed by atoms with Crippen LogP contribution in [0.3, 0.4) is 0 Å². The van der Waals surface area contributed by atoms with E-state index in [0.29, 0.717) is 61.3 Å². The lowest BCUT2D eigenvalue weighted by Gasteiger charge is -2.36. The minimum Gasteiger partial charge on any atom is -0.495 e. The molecule has 0 saturated carbocycles. The molecule has 194 valence electrons. The van der Waals surface area contributed by atoms with Crippen molar-refractivity contribution in [2.24, 2.45) is 0 Å². The number of hydrogen-bond donors (Lipinski definition) is 3. The van der Waals surface area contributed by atoms with E-state index in [1.165, 1.54) is 0 Å². The number of nitrogens with one attached hydrogen (secondary N) is 3. The zero-order chi connectivity index (χ0) is 26.2. The quantitative estimate of drug-likeness (QED) is 0.401. The molecule has 1 saturated heterocycles. The number of benzene rings is 3. The molecule has 0 radical (unpaired) electrons. The normalized spacial score (nSPS) is 13.1. The number of amides is 4. The van der Waals surface area contributed by atoms with Crippen molar-refractivity contribution in [2.75, 3.05) is 60.7 Å². The Morgan fingerprint density at radius 1 is 0.838 bits per heavy atom. The molecule has 3 aromatic carbocycles. The Morgan fingerprint density at radius 2 is 1.54 bits per heavy atom. The predicted octanol–water partition coefficient (Wildman–Crippen LogP) is 5.40. The Morgan fingerprint density at radius 3 is 2.24 bits per heavy atom. The summed E-state index contributed by atoms with van der Waals surface area (Å²) < 4.78 is 10.9. The fraction of sp³-hybridized carbons (Fsp3) is 0.286. The smallest absolute Gasteiger partial charge is 0.323 e. The summed E-state index contributed by atoms with van der Waals surface area (Å²) in [5, 5.41) is 8.68. The van der Waals surface area contributed by atoms with Gasteiger partial charge in [-0.1, -0.05) is 24.3 Å². The number of carbonyl (C=O) groups is 2. The van der Waals surface area contributed by atoms with Crippen LogP contribution in [-0.4, -0.2) is 56.9 Å². The molecule has 0 bridgehead atoms. The molecular weight excluding hydrogens is 470 g/mol. The van der Waals surface area contributed by atoms with E-state index in [0.717, 1.165) is 11.3 Å². The number of piperazine rings is 1. The molecule has 0 aliphatic carbocycles. The maximum absolute atomic E-state index is 12.9. The van der Waals surface area contributed by atoms with Crippen molar-refractivity contribution in [1.29, 1.82) is 0 Å². The molecule has 0 atom stereocenters. The number of nitrogens with zero attached hydrogens (tertiary/aromatic N) is 2. The molecule has 9 heteroatoms. The van der Waals surface area contributed by atoms with Gasteiger partial charge in [-0.25, -0.2) is 9.59 Å². The van der Waals surface area contributed by atoms with Crippen LogP contribution in [0.4, 0.5) is 32.3 Å². The van der Waals surface area contributed by atoms with Crippen molar-refractivity contribution in [3.05, 3.63) is 72.3 Å². The summed E-state index contributed by atoms with van der Waals surface area (Å²) in [4.78, 5) is 29.4.